The third kappa shape index (κ3) is 4.08. The van der Waals surface area contributed by atoms with Gasteiger partial charge in [-0.3, -0.25) is 0 Å². The number of hydrogen-bond donors (Lipinski definition) is 0. The summed E-state index contributed by atoms with van der Waals surface area (Å²) in [5.74, 6) is 1.74. The molecule has 0 spiro atoms. The highest BCUT2D eigenvalue weighted by Gasteiger charge is 2.26. The number of hydrogen-bond acceptors (Lipinski definition) is 3. The first-order valence-corrected chi connectivity index (χ1v) is 9.73. The van der Waals surface area contributed by atoms with E-state index in [1.165, 1.54) is 36.3 Å². The first kappa shape index (κ1) is 17.2. The molecule has 0 aliphatic heterocycles. The zero-order chi connectivity index (χ0) is 16.2. The molecule has 3 rings (SSSR count). The minimum absolute atomic E-state index is 0.524. The molecule has 1 aliphatic carbocycles. The number of methoxy groups -OCH3 is 1. The van der Waals surface area contributed by atoms with Gasteiger partial charge < -0.3 is 4.74 Å². The van der Waals surface area contributed by atoms with E-state index in [0.717, 1.165) is 15.6 Å². The molecule has 1 aromatic heterocycles. The Morgan fingerprint density at radius 2 is 1.78 bits per heavy atom. The van der Waals surface area contributed by atoms with Crippen molar-refractivity contribution in [3.63, 3.8) is 0 Å². The second kappa shape index (κ2) is 7.98. The summed E-state index contributed by atoms with van der Waals surface area (Å²) in [6, 6.07) is 8.32. The molecule has 0 saturated heterocycles. The molecule has 1 saturated carbocycles. The quantitative estimate of drug-likeness (QED) is 0.591. The highest BCUT2D eigenvalue weighted by molar-refractivity contribution is 7.12. The van der Waals surface area contributed by atoms with Crippen molar-refractivity contribution in [3.05, 3.63) is 50.4 Å². The summed E-state index contributed by atoms with van der Waals surface area (Å²) < 4.78 is 5.23. The lowest BCUT2D eigenvalue weighted by Crippen LogP contribution is -2.12. The van der Waals surface area contributed by atoms with Crippen LogP contribution in [-0.2, 0) is 17.2 Å². The summed E-state index contributed by atoms with van der Waals surface area (Å²) in [6.45, 7) is 0.554. The van der Waals surface area contributed by atoms with Gasteiger partial charge in [0.1, 0.15) is 0 Å². The van der Waals surface area contributed by atoms with Crippen molar-refractivity contribution < 1.29 is 4.74 Å². The van der Waals surface area contributed by atoms with E-state index in [2.05, 4.69) is 12.1 Å². The Morgan fingerprint density at radius 1 is 1.13 bits per heavy atom. The molecule has 0 bridgehead atoms. The number of halogens is 2. The summed E-state index contributed by atoms with van der Waals surface area (Å²) in [4.78, 5) is 5.95. The molecule has 0 N–H and O–H groups in total. The van der Waals surface area contributed by atoms with E-state index in [-0.39, 0.29) is 0 Å². The van der Waals surface area contributed by atoms with Gasteiger partial charge >= 0.3 is 0 Å². The van der Waals surface area contributed by atoms with Gasteiger partial charge in [0.25, 0.3) is 0 Å². The Morgan fingerprint density at radius 3 is 2.39 bits per heavy atom. The van der Waals surface area contributed by atoms with Gasteiger partial charge in [0.05, 0.1) is 23.2 Å². The van der Waals surface area contributed by atoms with Crippen molar-refractivity contribution in [2.75, 3.05) is 7.11 Å². The summed E-state index contributed by atoms with van der Waals surface area (Å²) in [5.41, 5.74) is 2.43. The van der Waals surface area contributed by atoms with Crippen LogP contribution in [0.1, 0.15) is 58.7 Å². The van der Waals surface area contributed by atoms with Crippen LogP contribution in [0.4, 0.5) is 0 Å². The van der Waals surface area contributed by atoms with E-state index < -0.39 is 0 Å². The van der Waals surface area contributed by atoms with E-state index in [9.17, 15) is 0 Å². The van der Waals surface area contributed by atoms with Gasteiger partial charge in [0.15, 0.2) is 0 Å². The van der Waals surface area contributed by atoms with Gasteiger partial charge in [-0.05, 0) is 49.3 Å². The fourth-order valence-corrected chi connectivity index (χ4v) is 4.87. The summed E-state index contributed by atoms with van der Waals surface area (Å²) in [7, 11) is 1.70. The van der Waals surface area contributed by atoms with Gasteiger partial charge in [0.2, 0.25) is 0 Å². The number of thiazole rings is 1. The zero-order valence-electron chi connectivity index (χ0n) is 13.2. The molecule has 0 amide bonds. The molecule has 1 aliphatic rings. The van der Waals surface area contributed by atoms with Crippen LogP contribution in [0.2, 0.25) is 5.02 Å². The molecule has 1 fully saturated rings. The van der Waals surface area contributed by atoms with E-state index in [4.69, 9.17) is 32.9 Å². The van der Waals surface area contributed by atoms with Gasteiger partial charge in [0, 0.05) is 22.9 Å². The first-order chi connectivity index (χ1) is 11.2. The Labute approximate surface area is 151 Å². The number of benzene rings is 1. The van der Waals surface area contributed by atoms with Crippen LogP contribution >= 0.6 is 34.5 Å². The average Bonchev–Trinajstić information content (AvgIpc) is 2.99. The van der Waals surface area contributed by atoms with Crippen molar-refractivity contribution in [1.82, 2.24) is 4.98 Å². The molecule has 2 aromatic rings. The minimum Gasteiger partial charge on any atom is -0.378 e. The lowest BCUT2D eigenvalue weighted by atomic mass is 9.79. The average molecular weight is 370 g/mol. The largest absolute Gasteiger partial charge is 0.378 e. The molecule has 0 atom stereocenters. The molecule has 124 valence electrons. The van der Waals surface area contributed by atoms with Crippen LogP contribution < -0.4 is 0 Å². The lowest BCUT2D eigenvalue weighted by Gasteiger charge is -2.27. The number of nitrogens with zero attached hydrogens (tertiary/aromatic N) is 1. The highest BCUT2D eigenvalue weighted by Crippen LogP contribution is 2.42. The van der Waals surface area contributed by atoms with Crippen LogP contribution in [0.3, 0.4) is 0 Å². The van der Waals surface area contributed by atoms with E-state index >= 15 is 0 Å². The predicted octanol–water partition coefficient (Wildman–Crippen LogP) is 6.12. The first-order valence-electron chi connectivity index (χ1n) is 8.00. The maximum absolute atomic E-state index is 6.04. The Kier molecular flexibility index (Phi) is 5.97. The zero-order valence-corrected chi connectivity index (χ0v) is 15.6. The van der Waals surface area contributed by atoms with Gasteiger partial charge in [-0.15, -0.1) is 22.9 Å². The molecule has 2 nitrogen and oxygen atoms in total. The molecule has 23 heavy (non-hydrogen) atoms. The molecule has 0 radical (unpaired) electrons. The second-order valence-electron chi connectivity index (χ2n) is 6.09. The smallest absolute Gasteiger partial charge is 0.0963 e. The van der Waals surface area contributed by atoms with Crippen molar-refractivity contribution in [1.29, 1.82) is 0 Å². The third-order valence-electron chi connectivity index (χ3n) is 4.62. The summed E-state index contributed by atoms with van der Waals surface area (Å²) >= 11 is 13.8. The van der Waals surface area contributed by atoms with E-state index in [1.807, 2.05) is 12.1 Å². The van der Waals surface area contributed by atoms with Crippen LogP contribution in [-0.4, -0.2) is 12.1 Å². The van der Waals surface area contributed by atoms with E-state index in [0.29, 0.717) is 24.3 Å². The minimum atomic E-state index is 0.524. The molecule has 1 aromatic carbocycles. The fourth-order valence-electron chi connectivity index (χ4n) is 3.34. The predicted molar refractivity (Wildman–Crippen MR) is 97.8 cm³/mol. The number of aromatic nitrogens is 1. The Balaban J connectivity index is 1.65. The third-order valence-corrected chi connectivity index (χ3v) is 6.55. The second-order valence-corrected chi connectivity index (χ2v) is 7.91. The van der Waals surface area contributed by atoms with Crippen LogP contribution in [0.5, 0.6) is 0 Å². The molecular formula is C18H21Cl2NOS. The van der Waals surface area contributed by atoms with Gasteiger partial charge in [-0.25, -0.2) is 4.98 Å². The van der Waals surface area contributed by atoms with Crippen LogP contribution in [0, 0.1) is 0 Å². The maximum atomic E-state index is 6.04. The SMILES string of the molecule is COCc1nc([C@H]2CC[C@H](c3ccc(Cl)cc3)CC2)sc1CCl. The maximum Gasteiger partial charge on any atom is 0.0963 e. The lowest BCUT2D eigenvalue weighted by molar-refractivity contribution is 0.181. The molecule has 0 unspecified atom stereocenters. The Hall–Kier alpha value is -0.610. The highest BCUT2D eigenvalue weighted by atomic mass is 35.5. The summed E-state index contributed by atoms with van der Waals surface area (Å²) in [6.07, 6.45) is 4.80. The molecular weight excluding hydrogens is 349 g/mol. The Bertz CT molecular complexity index is 633. The fraction of sp³-hybridized carbons (Fsp3) is 0.500. The molecule has 5 heteroatoms. The van der Waals surface area contributed by atoms with Crippen molar-refractivity contribution in [2.45, 2.75) is 50.0 Å². The standard InChI is InChI=1S/C18H21Cl2NOS/c1-22-11-16-17(10-19)23-18(21-16)14-4-2-12(3-5-14)13-6-8-15(20)9-7-13/h6-9,12,14H,2-5,10-11H2,1H3/t12-,14-. The van der Waals surface area contributed by atoms with Gasteiger partial charge in [-0.2, -0.15) is 0 Å². The number of ether oxygens (including phenoxy) is 1. The van der Waals surface area contributed by atoms with Crippen molar-refractivity contribution in [3.8, 4) is 0 Å². The van der Waals surface area contributed by atoms with E-state index in [1.54, 1.807) is 18.4 Å². The number of alkyl halides is 1. The monoisotopic (exact) mass is 369 g/mol. The number of rotatable bonds is 5. The van der Waals surface area contributed by atoms with Crippen LogP contribution in [0.15, 0.2) is 24.3 Å². The van der Waals surface area contributed by atoms with Crippen molar-refractivity contribution >= 4 is 34.5 Å². The normalized spacial score (nSPS) is 21.5. The molecule has 1 heterocycles. The van der Waals surface area contributed by atoms with Gasteiger partial charge in [-0.1, -0.05) is 23.7 Å². The van der Waals surface area contributed by atoms with Crippen molar-refractivity contribution in [2.24, 2.45) is 0 Å². The van der Waals surface area contributed by atoms with Crippen LogP contribution in [0.25, 0.3) is 0 Å². The summed E-state index contributed by atoms with van der Waals surface area (Å²) in [5, 5.41) is 2.05. The topological polar surface area (TPSA) is 22.1 Å².